The second kappa shape index (κ2) is 11.7. The van der Waals surface area contributed by atoms with Crippen LogP contribution in [0.5, 0.6) is 0 Å². The third-order valence-electron chi connectivity index (χ3n) is 6.92. The molecule has 1 unspecified atom stereocenters. The monoisotopic (exact) mass is 474 g/mol. The summed E-state index contributed by atoms with van der Waals surface area (Å²) in [7, 11) is 0. The molecule has 0 N–H and O–H groups in total. The van der Waals surface area contributed by atoms with E-state index in [0.29, 0.717) is 31.3 Å². The summed E-state index contributed by atoms with van der Waals surface area (Å²) < 4.78 is 37.1. The highest BCUT2D eigenvalue weighted by Crippen LogP contribution is 2.26. The number of fused-ring (bicyclic) bond motifs is 1. The molecule has 0 radical (unpaired) electrons. The van der Waals surface area contributed by atoms with E-state index in [-0.39, 0.29) is 0 Å². The number of halogens is 3. The van der Waals surface area contributed by atoms with Crippen LogP contribution in [0.2, 0.25) is 0 Å². The zero-order chi connectivity index (χ0) is 24.9. The fraction of sp³-hybridized carbons (Fsp3) is 0.586. The summed E-state index contributed by atoms with van der Waals surface area (Å²) >= 11 is 0. The zero-order valence-electron chi connectivity index (χ0n) is 21.5. The van der Waals surface area contributed by atoms with Gasteiger partial charge in [0.25, 0.3) is 0 Å². The van der Waals surface area contributed by atoms with Crippen LogP contribution in [0.3, 0.4) is 0 Å². The molecule has 2 aliphatic rings. The van der Waals surface area contributed by atoms with E-state index in [4.69, 9.17) is 0 Å². The molecule has 0 aliphatic carbocycles. The van der Waals surface area contributed by atoms with Gasteiger partial charge in [0.15, 0.2) is 0 Å². The van der Waals surface area contributed by atoms with E-state index in [1.807, 2.05) is 0 Å². The summed E-state index contributed by atoms with van der Waals surface area (Å²) in [4.78, 5) is 4.05. The largest absolute Gasteiger partial charge is 0.401 e. The fourth-order valence-corrected chi connectivity index (χ4v) is 4.86. The van der Waals surface area contributed by atoms with Crippen LogP contribution in [0.15, 0.2) is 42.5 Å². The number of benzene rings is 2. The SMILES string of the molecule is CC(C)c1ccc2c(c1)CN(CC(F)(F)F)CC2.CC1CCN(Cc2cccc(C(C)C)c2)C1. The molecule has 2 heterocycles. The summed E-state index contributed by atoms with van der Waals surface area (Å²) in [5.41, 5.74) is 6.38. The molecule has 1 atom stereocenters. The highest BCUT2D eigenvalue weighted by atomic mass is 19.4. The van der Waals surface area contributed by atoms with Crippen molar-refractivity contribution in [1.82, 2.24) is 9.80 Å². The molecule has 2 aromatic carbocycles. The van der Waals surface area contributed by atoms with Crippen molar-refractivity contribution in [3.63, 3.8) is 0 Å². The van der Waals surface area contributed by atoms with E-state index >= 15 is 0 Å². The van der Waals surface area contributed by atoms with E-state index in [0.717, 1.165) is 18.0 Å². The fourth-order valence-electron chi connectivity index (χ4n) is 4.86. The van der Waals surface area contributed by atoms with Crippen molar-refractivity contribution in [2.45, 2.75) is 78.6 Å². The highest BCUT2D eigenvalue weighted by Gasteiger charge is 2.32. The molecular formula is C29H41F3N2. The van der Waals surface area contributed by atoms with Crippen molar-refractivity contribution in [3.8, 4) is 0 Å². The Morgan fingerprint density at radius 2 is 1.59 bits per heavy atom. The third kappa shape index (κ3) is 8.13. The first-order chi connectivity index (χ1) is 16.0. The lowest BCUT2D eigenvalue weighted by Gasteiger charge is -2.30. The van der Waals surface area contributed by atoms with Gasteiger partial charge < -0.3 is 0 Å². The number of hydrogen-bond donors (Lipinski definition) is 0. The maximum atomic E-state index is 12.4. The maximum absolute atomic E-state index is 12.4. The smallest absolute Gasteiger partial charge is 0.299 e. The number of likely N-dealkylation sites (tertiary alicyclic amines) is 1. The van der Waals surface area contributed by atoms with Crippen molar-refractivity contribution in [3.05, 3.63) is 70.3 Å². The van der Waals surface area contributed by atoms with Gasteiger partial charge in [0.2, 0.25) is 0 Å². The van der Waals surface area contributed by atoms with Crippen molar-refractivity contribution < 1.29 is 13.2 Å². The average Bonchev–Trinajstić information content (AvgIpc) is 3.17. The molecule has 188 valence electrons. The van der Waals surface area contributed by atoms with Crippen molar-refractivity contribution in [2.24, 2.45) is 5.92 Å². The maximum Gasteiger partial charge on any atom is 0.401 e. The van der Waals surface area contributed by atoms with Crippen molar-refractivity contribution in [2.75, 3.05) is 26.2 Å². The average molecular weight is 475 g/mol. The highest BCUT2D eigenvalue weighted by molar-refractivity contribution is 5.35. The Kier molecular flexibility index (Phi) is 9.22. The van der Waals surface area contributed by atoms with Gasteiger partial charge in [-0.1, -0.05) is 77.1 Å². The predicted octanol–water partition coefficient (Wildman–Crippen LogP) is 7.38. The van der Waals surface area contributed by atoms with Crippen LogP contribution >= 0.6 is 0 Å². The van der Waals surface area contributed by atoms with Crippen molar-refractivity contribution in [1.29, 1.82) is 0 Å². The number of alkyl halides is 3. The number of hydrogen-bond acceptors (Lipinski definition) is 2. The number of nitrogens with zero attached hydrogens (tertiary/aromatic N) is 2. The Morgan fingerprint density at radius 3 is 2.21 bits per heavy atom. The Hall–Kier alpha value is -1.85. The predicted molar refractivity (Wildman–Crippen MR) is 135 cm³/mol. The van der Waals surface area contributed by atoms with Crippen LogP contribution in [-0.4, -0.2) is 42.2 Å². The molecule has 1 saturated heterocycles. The van der Waals surface area contributed by atoms with E-state index in [1.54, 1.807) is 0 Å². The van der Waals surface area contributed by atoms with Gasteiger partial charge in [-0.05, 0) is 65.0 Å². The van der Waals surface area contributed by atoms with E-state index < -0.39 is 12.7 Å². The minimum Gasteiger partial charge on any atom is -0.299 e. The molecule has 5 heteroatoms. The minimum absolute atomic E-state index is 0.410. The Bertz CT molecular complexity index is 920. The van der Waals surface area contributed by atoms with Crippen LogP contribution in [0.25, 0.3) is 0 Å². The van der Waals surface area contributed by atoms with Crippen LogP contribution in [0.4, 0.5) is 13.2 Å². The molecule has 4 rings (SSSR count). The van der Waals surface area contributed by atoms with Crippen LogP contribution in [-0.2, 0) is 19.5 Å². The quantitative estimate of drug-likeness (QED) is 0.446. The van der Waals surface area contributed by atoms with Gasteiger partial charge >= 0.3 is 6.18 Å². The topological polar surface area (TPSA) is 6.48 Å². The normalized spacial score (nSPS) is 19.3. The Balaban J connectivity index is 0.000000192. The van der Waals surface area contributed by atoms with Crippen LogP contribution in [0, 0.1) is 5.92 Å². The third-order valence-corrected chi connectivity index (χ3v) is 6.92. The van der Waals surface area contributed by atoms with Crippen molar-refractivity contribution >= 4 is 0 Å². The van der Waals surface area contributed by atoms with Gasteiger partial charge in [0.05, 0.1) is 6.54 Å². The molecule has 0 aromatic heterocycles. The molecule has 2 nitrogen and oxygen atoms in total. The lowest BCUT2D eigenvalue weighted by Crippen LogP contribution is -2.38. The van der Waals surface area contributed by atoms with Gasteiger partial charge in [-0.25, -0.2) is 0 Å². The van der Waals surface area contributed by atoms with Gasteiger partial charge in [0, 0.05) is 26.2 Å². The molecular weight excluding hydrogens is 433 g/mol. The summed E-state index contributed by atoms with van der Waals surface area (Å²) in [5, 5.41) is 0. The second-order valence-electron chi connectivity index (χ2n) is 10.8. The lowest BCUT2D eigenvalue weighted by molar-refractivity contribution is -0.147. The molecule has 0 amide bonds. The Morgan fingerprint density at radius 1 is 0.882 bits per heavy atom. The first kappa shape index (κ1) is 26.7. The van der Waals surface area contributed by atoms with E-state index in [9.17, 15) is 13.2 Å². The lowest BCUT2D eigenvalue weighted by atomic mass is 9.93. The second-order valence-corrected chi connectivity index (χ2v) is 10.8. The molecule has 2 aliphatic heterocycles. The zero-order valence-corrected chi connectivity index (χ0v) is 21.5. The molecule has 0 spiro atoms. The van der Waals surface area contributed by atoms with Gasteiger partial charge in [0.1, 0.15) is 0 Å². The number of rotatable bonds is 5. The van der Waals surface area contributed by atoms with Crippen LogP contribution < -0.4 is 0 Å². The van der Waals surface area contributed by atoms with Crippen LogP contribution in [0.1, 0.15) is 80.7 Å². The van der Waals surface area contributed by atoms with Gasteiger partial charge in [-0.2, -0.15) is 13.2 Å². The summed E-state index contributed by atoms with van der Waals surface area (Å²) in [5.74, 6) is 1.93. The first-order valence-corrected chi connectivity index (χ1v) is 12.7. The van der Waals surface area contributed by atoms with Gasteiger partial charge in [-0.3, -0.25) is 9.80 Å². The van der Waals surface area contributed by atoms with E-state index in [2.05, 4.69) is 82.0 Å². The summed E-state index contributed by atoms with van der Waals surface area (Å²) in [6.45, 7) is 14.8. The summed E-state index contributed by atoms with van der Waals surface area (Å²) in [6, 6.07) is 15.3. The standard InChI is InChI=1S/C15H23N.C14H18F3N/c1-12(2)15-6-4-5-14(9-15)11-16-8-7-13(3)10-16;1-10(2)12-4-3-11-5-6-18(8-13(11)7-12)9-14(15,16)17/h4-6,9,12-13H,7-8,10-11H2,1-3H3;3-4,7,10H,5-6,8-9H2,1-2H3. The molecule has 1 fully saturated rings. The molecule has 2 aromatic rings. The summed E-state index contributed by atoms with van der Waals surface area (Å²) in [6.07, 6.45) is -2.03. The van der Waals surface area contributed by atoms with Gasteiger partial charge in [-0.15, -0.1) is 0 Å². The van der Waals surface area contributed by atoms with E-state index in [1.165, 1.54) is 46.7 Å². The Labute approximate surface area is 204 Å². The first-order valence-electron chi connectivity index (χ1n) is 12.7. The molecule has 0 saturated carbocycles. The minimum atomic E-state index is -4.10. The molecule has 34 heavy (non-hydrogen) atoms. The molecule has 0 bridgehead atoms.